The smallest absolute Gasteiger partial charge is 0.325 e. The molecular weight excluding hydrogens is 488 g/mol. The lowest BCUT2D eigenvalue weighted by Crippen LogP contribution is -2.58. The van der Waals surface area contributed by atoms with Crippen molar-refractivity contribution in [1.29, 1.82) is 0 Å². The van der Waals surface area contributed by atoms with Crippen LogP contribution in [0.2, 0.25) is 0 Å². The molecule has 0 spiro atoms. The number of imidazole rings is 1. The molecule has 37 heavy (non-hydrogen) atoms. The zero-order valence-corrected chi connectivity index (χ0v) is 20.0. The van der Waals surface area contributed by atoms with Gasteiger partial charge in [0.1, 0.15) is 23.9 Å². The Morgan fingerprint density at radius 1 is 0.946 bits per heavy atom. The SMILES string of the molecule is CC(NC(=O)C(Cc1cnc[nH]1)NC(=O)C(Cc1ccc(O)cc1)NC(=O)C(N)CCC(=O)O)C(=O)O. The maximum atomic E-state index is 13.3. The first-order chi connectivity index (χ1) is 17.5. The van der Waals surface area contributed by atoms with Gasteiger partial charge in [0.15, 0.2) is 0 Å². The van der Waals surface area contributed by atoms with E-state index < -0.39 is 53.8 Å². The van der Waals surface area contributed by atoms with Crippen LogP contribution in [0.4, 0.5) is 0 Å². The number of nitrogens with zero attached hydrogens (tertiary/aromatic N) is 1. The lowest BCUT2D eigenvalue weighted by Gasteiger charge is -2.24. The normalized spacial score (nSPS) is 14.0. The number of benzene rings is 1. The average molecular weight is 519 g/mol. The Morgan fingerprint density at radius 2 is 1.54 bits per heavy atom. The molecule has 0 aliphatic rings. The Labute approximate surface area is 211 Å². The van der Waals surface area contributed by atoms with E-state index in [9.17, 15) is 29.1 Å². The van der Waals surface area contributed by atoms with Gasteiger partial charge in [-0.2, -0.15) is 0 Å². The summed E-state index contributed by atoms with van der Waals surface area (Å²) in [5.41, 5.74) is 6.83. The molecule has 14 heteroatoms. The van der Waals surface area contributed by atoms with E-state index in [1.165, 1.54) is 43.7 Å². The number of H-pyrrole nitrogens is 1. The summed E-state index contributed by atoms with van der Waals surface area (Å²) in [6.45, 7) is 1.27. The molecule has 3 amide bonds. The molecule has 0 bridgehead atoms. The number of aromatic amines is 1. The highest BCUT2D eigenvalue weighted by Gasteiger charge is 2.30. The molecular formula is C23H30N6O8. The molecule has 1 aromatic heterocycles. The van der Waals surface area contributed by atoms with Gasteiger partial charge in [-0.05, 0) is 31.0 Å². The number of carbonyl (C=O) groups excluding carboxylic acids is 3. The predicted octanol–water partition coefficient (Wildman–Crippen LogP) is -1.35. The fourth-order valence-corrected chi connectivity index (χ4v) is 3.24. The fraction of sp³-hybridized carbons (Fsp3) is 0.391. The van der Waals surface area contributed by atoms with Crippen molar-refractivity contribution in [2.24, 2.45) is 5.73 Å². The zero-order valence-electron chi connectivity index (χ0n) is 20.0. The summed E-state index contributed by atoms with van der Waals surface area (Å²) in [5, 5.41) is 34.8. The number of hydrogen-bond acceptors (Lipinski definition) is 8. The predicted molar refractivity (Wildman–Crippen MR) is 128 cm³/mol. The topological polar surface area (TPSA) is 237 Å². The lowest BCUT2D eigenvalue weighted by molar-refractivity contribution is -0.142. The van der Waals surface area contributed by atoms with Crippen molar-refractivity contribution < 1.29 is 39.3 Å². The minimum absolute atomic E-state index is 0.00618. The van der Waals surface area contributed by atoms with Crippen LogP contribution in [-0.2, 0) is 36.8 Å². The summed E-state index contributed by atoms with van der Waals surface area (Å²) in [7, 11) is 0. The van der Waals surface area contributed by atoms with Crippen LogP contribution >= 0.6 is 0 Å². The third-order valence-electron chi connectivity index (χ3n) is 5.36. The van der Waals surface area contributed by atoms with Crippen LogP contribution in [-0.4, -0.2) is 79.1 Å². The number of carboxylic acids is 2. The summed E-state index contributed by atoms with van der Waals surface area (Å²) < 4.78 is 0. The second kappa shape index (κ2) is 13.6. The van der Waals surface area contributed by atoms with Crippen molar-refractivity contribution in [1.82, 2.24) is 25.9 Å². The second-order valence-electron chi connectivity index (χ2n) is 8.38. The highest BCUT2D eigenvalue weighted by Crippen LogP contribution is 2.12. The van der Waals surface area contributed by atoms with E-state index in [1.54, 1.807) is 0 Å². The van der Waals surface area contributed by atoms with E-state index in [0.717, 1.165) is 0 Å². The number of rotatable bonds is 14. The number of carbonyl (C=O) groups is 5. The number of nitrogens with one attached hydrogen (secondary N) is 4. The standard InChI is InChI=1S/C23H30N6O8/c1-12(23(36)37)27-21(34)18(9-14-10-25-11-26-14)29-22(35)17(8-13-2-4-15(30)5-3-13)28-20(33)16(24)6-7-19(31)32/h2-5,10-12,16-18,30H,6-9,24H2,1H3,(H,25,26)(H,27,34)(H,28,33)(H,29,35)(H,31,32)(H,36,37). The Kier molecular flexibility index (Phi) is 10.6. The number of aromatic hydroxyl groups is 1. The number of aromatic nitrogens is 2. The van der Waals surface area contributed by atoms with Crippen molar-refractivity contribution in [3.05, 3.63) is 48.0 Å². The molecule has 14 nitrogen and oxygen atoms in total. The van der Waals surface area contributed by atoms with Crippen LogP contribution in [0, 0.1) is 0 Å². The first-order valence-corrected chi connectivity index (χ1v) is 11.3. The van der Waals surface area contributed by atoms with Gasteiger partial charge in [-0.25, -0.2) is 4.98 Å². The van der Waals surface area contributed by atoms with Gasteiger partial charge in [-0.15, -0.1) is 0 Å². The first kappa shape index (κ1) is 28.8. The van der Waals surface area contributed by atoms with Crippen LogP contribution < -0.4 is 21.7 Å². The molecule has 2 aromatic rings. The van der Waals surface area contributed by atoms with E-state index >= 15 is 0 Å². The number of hydrogen-bond donors (Lipinski definition) is 8. The highest BCUT2D eigenvalue weighted by molar-refractivity contribution is 5.94. The first-order valence-electron chi connectivity index (χ1n) is 11.3. The quantitative estimate of drug-likeness (QED) is 0.146. The molecule has 1 heterocycles. The van der Waals surface area contributed by atoms with Gasteiger partial charge < -0.3 is 42.0 Å². The van der Waals surface area contributed by atoms with E-state index in [2.05, 4.69) is 25.9 Å². The molecule has 9 N–H and O–H groups in total. The zero-order chi connectivity index (χ0) is 27.5. The number of amides is 3. The third kappa shape index (κ3) is 9.60. The largest absolute Gasteiger partial charge is 0.508 e. The summed E-state index contributed by atoms with van der Waals surface area (Å²) in [4.78, 5) is 67.3. The Bertz CT molecular complexity index is 1090. The lowest BCUT2D eigenvalue weighted by atomic mass is 10.0. The van der Waals surface area contributed by atoms with Crippen LogP contribution in [0.15, 0.2) is 36.8 Å². The van der Waals surface area contributed by atoms with Gasteiger partial charge in [0.05, 0.1) is 12.4 Å². The molecule has 0 radical (unpaired) electrons. The van der Waals surface area contributed by atoms with Gasteiger partial charge in [-0.3, -0.25) is 24.0 Å². The molecule has 2 rings (SSSR count). The van der Waals surface area contributed by atoms with Crippen molar-refractivity contribution in [2.75, 3.05) is 0 Å². The molecule has 0 fully saturated rings. The van der Waals surface area contributed by atoms with Crippen LogP contribution in [0.5, 0.6) is 5.75 Å². The number of nitrogens with two attached hydrogens (primary N) is 1. The molecule has 200 valence electrons. The van der Waals surface area contributed by atoms with Crippen molar-refractivity contribution >= 4 is 29.7 Å². The van der Waals surface area contributed by atoms with Crippen LogP contribution in [0.1, 0.15) is 31.0 Å². The van der Waals surface area contributed by atoms with E-state index in [0.29, 0.717) is 11.3 Å². The summed E-state index contributed by atoms with van der Waals surface area (Å²) in [6.07, 6.45) is 2.20. The molecule has 4 atom stereocenters. The van der Waals surface area contributed by atoms with Crippen molar-refractivity contribution in [2.45, 2.75) is 56.8 Å². The van der Waals surface area contributed by atoms with Crippen molar-refractivity contribution in [3.63, 3.8) is 0 Å². The number of carboxylic acid groups (broad SMARTS) is 2. The van der Waals surface area contributed by atoms with Gasteiger partial charge >= 0.3 is 11.9 Å². The second-order valence-corrected chi connectivity index (χ2v) is 8.38. The summed E-state index contributed by atoms with van der Waals surface area (Å²) in [5.74, 6) is -4.72. The monoisotopic (exact) mass is 518 g/mol. The van der Waals surface area contributed by atoms with Gasteiger partial charge in [0.25, 0.3) is 0 Å². The van der Waals surface area contributed by atoms with Crippen molar-refractivity contribution in [3.8, 4) is 5.75 Å². The molecule has 0 aliphatic heterocycles. The minimum atomic E-state index is -1.27. The highest BCUT2D eigenvalue weighted by atomic mass is 16.4. The molecule has 0 saturated carbocycles. The minimum Gasteiger partial charge on any atom is -0.508 e. The molecule has 0 aliphatic carbocycles. The van der Waals surface area contributed by atoms with E-state index in [-0.39, 0.29) is 31.4 Å². The average Bonchev–Trinajstić information content (AvgIpc) is 3.35. The fourth-order valence-electron chi connectivity index (χ4n) is 3.24. The molecule has 4 unspecified atom stereocenters. The van der Waals surface area contributed by atoms with E-state index in [1.807, 2.05) is 0 Å². The summed E-state index contributed by atoms with van der Waals surface area (Å²) in [6, 6.07) is 0.973. The van der Waals surface area contributed by atoms with Gasteiger partial charge in [-0.1, -0.05) is 12.1 Å². The number of phenolic OH excluding ortho intramolecular Hbond substituents is 1. The Hall–Kier alpha value is -4.46. The number of phenols is 1. The maximum absolute atomic E-state index is 13.3. The van der Waals surface area contributed by atoms with Crippen LogP contribution in [0.3, 0.4) is 0 Å². The Balaban J connectivity index is 2.24. The molecule has 0 saturated heterocycles. The summed E-state index contributed by atoms with van der Waals surface area (Å²) >= 11 is 0. The maximum Gasteiger partial charge on any atom is 0.325 e. The van der Waals surface area contributed by atoms with Crippen LogP contribution in [0.25, 0.3) is 0 Å². The molecule has 1 aromatic carbocycles. The van der Waals surface area contributed by atoms with E-state index in [4.69, 9.17) is 15.9 Å². The van der Waals surface area contributed by atoms with Gasteiger partial charge in [0.2, 0.25) is 17.7 Å². The van der Waals surface area contributed by atoms with Gasteiger partial charge in [0, 0.05) is 31.2 Å². The third-order valence-corrected chi connectivity index (χ3v) is 5.36. The Morgan fingerprint density at radius 3 is 2.11 bits per heavy atom. The number of aliphatic carboxylic acids is 2.